The standard InChI is InChI=1S/C18H27N3O/c1-3-19-18(20-17-13-14(17)2)21-11-9-16(10-12-21)22-15-7-5-4-6-8-15/h4-8,14,16-17H,3,9-13H2,1-2H3,(H,19,20). The minimum atomic E-state index is 0.321. The van der Waals surface area contributed by atoms with E-state index in [2.05, 4.69) is 29.1 Å². The summed E-state index contributed by atoms with van der Waals surface area (Å²) in [7, 11) is 0. The van der Waals surface area contributed by atoms with E-state index in [1.54, 1.807) is 0 Å². The number of nitrogens with zero attached hydrogens (tertiary/aromatic N) is 2. The largest absolute Gasteiger partial charge is 0.490 e. The molecule has 1 N–H and O–H groups in total. The van der Waals surface area contributed by atoms with Gasteiger partial charge in [0, 0.05) is 38.5 Å². The molecule has 1 heterocycles. The molecule has 1 saturated carbocycles. The number of hydrogen-bond acceptors (Lipinski definition) is 2. The van der Waals surface area contributed by atoms with Crippen molar-refractivity contribution in [3.8, 4) is 5.75 Å². The number of rotatable bonds is 4. The first-order valence-corrected chi connectivity index (χ1v) is 8.54. The molecule has 1 saturated heterocycles. The molecule has 2 fully saturated rings. The van der Waals surface area contributed by atoms with Gasteiger partial charge >= 0.3 is 0 Å². The van der Waals surface area contributed by atoms with E-state index >= 15 is 0 Å². The number of benzene rings is 1. The summed E-state index contributed by atoms with van der Waals surface area (Å²) in [6.07, 6.45) is 3.71. The zero-order valence-corrected chi connectivity index (χ0v) is 13.7. The zero-order valence-electron chi connectivity index (χ0n) is 13.7. The highest BCUT2D eigenvalue weighted by Gasteiger charge is 2.34. The van der Waals surface area contributed by atoms with Crippen LogP contribution in [0.25, 0.3) is 0 Å². The van der Waals surface area contributed by atoms with Crippen molar-refractivity contribution in [1.29, 1.82) is 0 Å². The second-order valence-electron chi connectivity index (χ2n) is 6.38. The Morgan fingerprint density at radius 2 is 1.95 bits per heavy atom. The smallest absolute Gasteiger partial charge is 0.194 e. The first kappa shape index (κ1) is 15.2. The molecule has 4 heteroatoms. The molecule has 3 rings (SSSR count). The summed E-state index contributed by atoms with van der Waals surface area (Å²) < 4.78 is 6.07. The van der Waals surface area contributed by atoms with Crippen LogP contribution in [0.5, 0.6) is 5.75 Å². The van der Waals surface area contributed by atoms with Crippen molar-refractivity contribution in [1.82, 2.24) is 10.2 Å². The van der Waals surface area contributed by atoms with Gasteiger partial charge in [-0.2, -0.15) is 0 Å². The van der Waals surface area contributed by atoms with Crippen molar-refractivity contribution < 1.29 is 4.74 Å². The summed E-state index contributed by atoms with van der Waals surface area (Å²) in [5.74, 6) is 2.87. The summed E-state index contributed by atoms with van der Waals surface area (Å²) >= 11 is 0. The van der Waals surface area contributed by atoms with E-state index in [-0.39, 0.29) is 0 Å². The second-order valence-corrected chi connectivity index (χ2v) is 6.38. The molecule has 0 spiro atoms. The maximum atomic E-state index is 6.07. The summed E-state index contributed by atoms with van der Waals surface area (Å²) in [5.41, 5.74) is 0. The van der Waals surface area contributed by atoms with Crippen LogP contribution >= 0.6 is 0 Å². The predicted octanol–water partition coefficient (Wildman–Crippen LogP) is 2.90. The molecule has 0 bridgehead atoms. The number of hydrogen-bond donors (Lipinski definition) is 1. The molecule has 2 atom stereocenters. The quantitative estimate of drug-likeness (QED) is 0.686. The van der Waals surface area contributed by atoms with Gasteiger partial charge in [0.2, 0.25) is 0 Å². The molecule has 1 aromatic carbocycles. The Labute approximate surface area is 133 Å². The molecule has 4 nitrogen and oxygen atoms in total. The van der Waals surface area contributed by atoms with Crippen LogP contribution in [-0.4, -0.2) is 42.6 Å². The summed E-state index contributed by atoms with van der Waals surface area (Å²) in [4.78, 5) is 7.05. The van der Waals surface area contributed by atoms with E-state index in [1.165, 1.54) is 6.42 Å². The number of para-hydroxylation sites is 1. The van der Waals surface area contributed by atoms with Crippen LogP contribution in [-0.2, 0) is 0 Å². The molecule has 22 heavy (non-hydrogen) atoms. The highest BCUT2D eigenvalue weighted by molar-refractivity contribution is 5.80. The van der Waals surface area contributed by atoms with Crippen LogP contribution < -0.4 is 10.1 Å². The fourth-order valence-corrected chi connectivity index (χ4v) is 2.95. The Hall–Kier alpha value is -1.71. The highest BCUT2D eigenvalue weighted by atomic mass is 16.5. The molecule has 1 aliphatic carbocycles. The summed E-state index contributed by atoms with van der Waals surface area (Å²) in [6, 6.07) is 10.8. The van der Waals surface area contributed by atoms with Crippen LogP contribution in [0.3, 0.4) is 0 Å². The van der Waals surface area contributed by atoms with Crippen LogP contribution in [0.2, 0.25) is 0 Å². The van der Waals surface area contributed by atoms with Crippen molar-refractivity contribution in [3.05, 3.63) is 30.3 Å². The lowest BCUT2D eigenvalue weighted by molar-refractivity contribution is 0.129. The lowest BCUT2D eigenvalue weighted by Crippen LogP contribution is -2.48. The van der Waals surface area contributed by atoms with Gasteiger partial charge in [0.1, 0.15) is 11.9 Å². The van der Waals surface area contributed by atoms with Gasteiger partial charge in [-0.15, -0.1) is 0 Å². The minimum Gasteiger partial charge on any atom is -0.490 e. The van der Waals surface area contributed by atoms with Gasteiger partial charge < -0.3 is 15.0 Å². The van der Waals surface area contributed by atoms with Gasteiger partial charge in [-0.25, -0.2) is 0 Å². The third-order valence-corrected chi connectivity index (χ3v) is 4.52. The molecule has 2 unspecified atom stereocenters. The maximum absolute atomic E-state index is 6.07. The zero-order chi connectivity index (χ0) is 15.4. The minimum absolute atomic E-state index is 0.321. The van der Waals surface area contributed by atoms with Crippen molar-refractivity contribution in [2.75, 3.05) is 19.6 Å². The van der Waals surface area contributed by atoms with Crippen LogP contribution in [0, 0.1) is 5.92 Å². The van der Waals surface area contributed by atoms with Crippen molar-refractivity contribution >= 4 is 5.96 Å². The van der Waals surface area contributed by atoms with Crippen molar-refractivity contribution in [2.24, 2.45) is 10.9 Å². The lowest BCUT2D eigenvalue weighted by Gasteiger charge is -2.34. The average Bonchev–Trinajstić information content (AvgIpc) is 3.24. The number of guanidine groups is 1. The molecule has 1 aromatic rings. The molecular weight excluding hydrogens is 274 g/mol. The predicted molar refractivity (Wildman–Crippen MR) is 90.3 cm³/mol. The normalized spacial score (nSPS) is 25.9. The van der Waals surface area contributed by atoms with Gasteiger partial charge in [0.05, 0.1) is 0 Å². The van der Waals surface area contributed by atoms with Crippen molar-refractivity contribution in [3.63, 3.8) is 0 Å². The van der Waals surface area contributed by atoms with E-state index in [0.29, 0.717) is 12.1 Å². The van der Waals surface area contributed by atoms with Gasteiger partial charge in [-0.05, 0) is 31.4 Å². The summed E-state index contributed by atoms with van der Waals surface area (Å²) in [5, 5.41) is 3.61. The monoisotopic (exact) mass is 301 g/mol. The Kier molecular flexibility index (Phi) is 4.86. The van der Waals surface area contributed by atoms with E-state index in [1.807, 2.05) is 30.3 Å². The first-order valence-electron chi connectivity index (χ1n) is 8.54. The van der Waals surface area contributed by atoms with Gasteiger partial charge in [-0.3, -0.25) is 4.99 Å². The number of piperidine rings is 1. The summed E-state index contributed by atoms with van der Waals surface area (Å²) in [6.45, 7) is 7.27. The topological polar surface area (TPSA) is 36.9 Å². The average molecular weight is 301 g/mol. The Morgan fingerprint density at radius 1 is 1.27 bits per heavy atom. The number of likely N-dealkylation sites (tertiary alicyclic amines) is 1. The fourth-order valence-electron chi connectivity index (χ4n) is 2.95. The number of nitrogens with one attached hydrogen (secondary N) is 1. The van der Waals surface area contributed by atoms with Crippen LogP contribution in [0.15, 0.2) is 35.3 Å². The molecule has 0 radical (unpaired) electrons. The highest BCUT2D eigenvalue weighted by Crippen LogP contribution is 2.29. The molecule has 2 aliphatic rings. The van der Waals surface area contributed by atoms with Crippen molar-refractivity contribution in [2.45, 2.75) is 45.3 Å². The van der Waals surface area contributed by atoms with Gasteiger partial charge in [0.15, 0.2) is 5.96 Å². The third-order valence-electron chi connectivity index (χ3n) is 4.52. The van der Waals surface area contributed by atoms with Gasteiger partial charge in [0.25, 0.3) is 0 Å². The van der Waals surface area contributed by atoms with Gasteiger partial charge in [-0.1, -0.05) is 25.1 Å². The number of ether oxygens (including phenoxy) is 1. The Morgan fingerprint density at radius 3 is 2.55 bits per heavy atom. The fraction of sp³-hybridized carbons (Fsp3) is 0.611. The molecule has 0 aromatic heterocycles. The van der Waals surface area contributed by atoms with E-state index in [0.717, 1.165) is 50.1 Å². The van der Waals surface area contributed by atoms with E-state index in [4.69, 9.17) is 4.74 Å². The Bertz CT molecular complexity index is 494. The maximum Gasteiger partial charge on any atom is 0.194 e. The second kappa shape index (κ2) is 7.03. The van der Waals surface area contributed by atoms with Crippen LogP contribution in [0.4, 0.5) is 0 Å². The molecular formula is C18H27N3O. The van der Waals surface area contributed by atoms with Crippen LogP contribution in [0.1, 0.15) is 33.1 Å². The van der Waals surface area contributed by atoms with E-state index < -0.39 is 0 Å². The lowest BCUT2D eigenvalue weighted by atomic mass is 10.1. The molecule has 0 amide bonds. The third kappa shape index (κ3) is 3.93. The molecule has 1 aliphatic heterocycles. The first-order chi connectivity index (χ1) is 10.8. The van der Waals surface area contributed by atoms with E-state index in [9.17, 15) is 0 Å². The molecule has 120 valence electrons. The SMILES string of the molecule is CCN=C(NC1CC1C)N1CCC(Oc2ccccc2)CC1. The Balaban J connectivity index is 1.50. The number of aliphatic imine (C=N–C) groups is 1.